The topological polar surface area (TPSA) is 94.1 Å². The first-order valence-electron chi connectivity index (χ1n) is 7.87. The highest BCUT2D eigenvalue weighted by molar-refractivity contribution is 6.03. The molecule has 0 bridgehead atoms. The maximum absolute atomic E-state index is 12.0. The predicted molar refractivity (Wildman–Crippen MR) is 94.5 cm³/mol. The number of hydrogen-bond acceptors (Lipinski definition) is 6. The van der Waals surface area contributed by atoms with Crippen LogP contribution in [0.1, 0.15) is 15.9 Å². The van der Waals surface area contributed by atoms with Crippen LogP contribution in [0.25, 0.3) is 6.08 Å². The molecule has 2 aromatic carbocycles. The highest BCUT2D eigenvalue weighted by Crippen LogP contribution is 2.31. The van der Waals surface area contributed by atoms with Crippen LogP contribution in [0.5, 0.6) is 17.2 Å². The minimum absolute atomic E-state index is 0.189. The van der Waals surface area contributed by atoms with Crippen LogP contribution >= 0.6 is 0 Å². The van der Waals surface area contributed by atoms with Crippen LogP contribution in [0.3, 0.4) is 0 Å². The normalized spacial score (nSPS) is 12.7. The van der Waals surface area contributed by atoms with Crippen molar-refractivity contribution in [1.29, 1.82) is 0 Å². The molecule has 7 heteroatoms. The summed E-state index contributed by atoms with van der Waals surface area (Å²) in [7, 11) is 1.25. The SMILES string of the molecule is COC(=O)c1ccc(NC(=O)/C=C\c2ccc3c(c2)OCCO3)c(O)c1. The first-order chi connectivity index (χ1) is 12.6. The third kappa shape index (κ3) is 3.94. The number of amides is 1. The van der Waals surface area contributed by atoms with E-state index in [1.807, 2.05) is 0 Å². The fourth-order valence-electron chi connectivity index (χ4n) is 2.39. The number of carbonyl (C=O) groups is 2. The largest absolute Gasteiger partial charge is 0.506 e. The molecule has 0 radical (unpaired) electrons. The van der Waals surface area contributed by atoms with Gasteiger partial charge in [0.2, 0.25) is 5.91 Å². The van der Waals surface area contributed by atoms with Crippen molar-refractivity contribution < 1.29 is 28.9 Å². The Hall–Kier alpha value is -3.48. The van der Waals surface area contributed by atoms with E-state index in [-0.39, 0.29) is 17.0 Å². The molecular weight excluding hydrogens is 338 g/mol. The number of phenolic OH excluding ortho intramolecular Hbond substituents is 1. The minimum atomic E-state index is -0.573. The van der Waals surface area contributed by atoms with Gasteiger partial charge in [-0.25, -0.2) is 4.79 Å². The van der Waals surface area contributed by atoms with Crippen molar-refractivity contribution in [2.75, 3.05) is 25.6 Å². The maximum Gasteiger partial charge on any atom is 0.337 e. The lowest BCUT2D eigenvalue weighted by Gasteiger charge is -2.18. The second-order valence-corrected chi connectivity index (χ2v) is 5.45. The van der Waals surface area contributed by atoms with E-state index in [9.17, 15) is 14.7 Å². The van der Waals surface area contributed by atoms with Gasteiger partial charge in [-0.05, 0) is 42.0 Å². The molecule has 26 heavy (non-hydrogen) atoms. The number of carbonyl (C=O) groups excluding carboxylic acids is 2. The van der Waals surface area contributed by atoms with Gasteiger partial charge in [0.25, 0.3) is 0 Å². The summed E-state index contributed by atoms with van der Waals surface area (Å²) in [6.07, 6.45) is 2.95. The molecule has 2 aromatic rings. The molecule has 0 fully saturated rings. The molecule has 0 aliphatic carbocycles. The Labute approximate surface area is 149 Å². The standard InChI is InChI=1S/C19H17NO6/c1-24-19(23)13-4-5-14(15(21)11-13)20-18(22)7-3-12-2-6-16-17(10-12)26-9-8-25-16/h2-7,10-11,21H,8-9H2,1H3,(H,20,22)/b7-3-. The summed E-state index contributed by atoms with van der Waals surface area (Å²) in [5.74, 6) is 0.0787. The van der Waals surface area contributed by atoms with E-state index in [1.54, 1.807) is 24.3 Å². The molecule has 0 atom stereocenters. The molecule has 0 unspecified atom stereocenters. The Bertz CT molecular complexity index is 874. The van der Waals surface area contributed by atoms with Gasteiger partial charge in [-0.15, -0.1) is 0 Å². The van der Waals surface area contributed by atoms with E-state index < -0.39 is 11.9 Å². The summed E-state index contributed by atoms with van der Waals surface area (Å²) < 4.78 is 15.5. The Morgan fingerprint density at radius 3 is 2.62 bits per heavy atom. The highest BCUT2D eigenvalue weighted by Gasteiger charge is 2.12. The number of aromatic hydroxyl groups is 1. The monoisotopic (exact) mass is 355 g/mol. The van der Waals surface area contributed by atoms with Gasteiger partial charge in [-0.2, -0.15) is 0 Å². The van der Waals surface area contributed by atoms with E-state index in [4.69, 9.17) is 9.47 Å². The molecule has 0 saturated heterocycles. The number of rotatable bonds is 4. The molecule has 1 aliphatic rings. The average Bonchev–Trinajstić information content (AvgIpc) is 2.67. The second kappa shape index (κ2) is 7.60. The van der Waals surface area contributed by atoms with Crippen LogP contribution in [-0.4, -0.2) is 37.3 Å². The number of anilines is 1. The Kier molecular flexibility index (Phi) is 5.07. The van der Waals surface area contributed by atoms with E-state index in [0.29, 0.717) is 24.7 Å². The maximum atomic E-state index is 12.0. The van der Waals surface area contributed by atoms with Crippen molar-refractivity contribution in [3.8, 4) is 17.2 Å². The van der Waals surface area contributed by atoms with Gasteiger partial charge in [0.15, 0.2) is 11.5 Å². The molecule has 134 valence electrons. The van der Waals surface area contributed by atoms with Crippen molar-refractivity contribution in [2.24, 2.45) is 0 Å². The number of nitrogens with one attached hydrogen (secondary N) is 1. The average molecular weight is 355 g/mol. The van der Waals surface area contributed by atoms with Gasteiger partial charge in [0, 0.05) is 6.08 Å². The minimum Gasteiger partial charge on any atom is -0.506 e. The van der Waals surface area contributed by atoms with Crippen LogP contribution in [0.2, 0.25) is 0 Å². The quantitative estimate of drug-likeness (QED) is 0.497. The molecule has 0 spiro atoms. The first-order valence-corrected chi connectivity index (χ1v) is 7.87. The Morgan fingerprint density at radius 2 is 1.88 bits per heavy atom. The smallest absolute Gasteiger partial charge is 0.337 e. The summed E-state index contributed by atoms with van der Waals surface area (Å²) in [4.78, 5) is 23.5. The van der Waals surface area contributed by atoms with Crippen molar-refractivity contribution >= 4 is 23.6 Å². The van der Waals surface area contributed by atoms with Crippen LogP contribution in [0.15, 0.2) is 42.5 Å². The summed E-state index contributed by atoms with van der Waals surface area (Å²) in [6.45, 7) is 1.00. The lowest BCUT2D eigenvalue weighted by atomic mass is 10.1. The number of phenols is 1. The summed E-state index contributed by atoms with van der Waals surface area (Å²) in [5.41, 5.74) is 1.15. The lowest BCUT2D eigenvalue weighted by Crippen LogP contribution is -2.15. The zero-order valence-corrected chi connectivity index (χ0v) is 14.0. The zero-order chi connectivity index (χ0) is 18.5. The predicted octanol–water partition coefficient (Wildman–Crippen LogP) is 2.60. The van der Waals surface area contributed by atoms with Gasteiger partial charge >= 0.3 is 5.97 Å². The lowest BCUT2D eigenvalue weighted by molar-refractivity contribution is -0.111. The van der Waals surface area contributed by atoms with Crippen molar-refractivity contribution in [1.82, 2.24) is 0 Å². The van der Waals surface area contributed by atoms with Gasteiger partial charge < -0.3 is 24.6 Å². The number of ether oxygens (including phenoxy) is 3. The molecule has 1 heterocycles. The van der Waals surface area contributed by atoms with Crippen molar-refractivity contribution in [2.45, 2.75) is 0 Å². The molecular formula is C19H17NO6. The highest BCUT2D eigenvalue weighted by atomic mass is 16.6. The third-order valence-corrected chi connectivity index (χ3v) is 3.67. The van der Waals surface area contributed by atoms with E-state index in [2.05, 4.69) is 10.1 Å². The molecule has 3 rings (SSSR count). The summed E-state index contributed by atoms with van der Waals surface area (Å²) in [6, 6.07) is 9.47. The van der Waals surface area contributed by atoms with Gasteiger partial charge in [-0.1, -0.05) is 6.07 Å². The number of benzene rings is 2. The number of hydrogen-bond donors (Lipinski definition) is 2. The summed E-state index contributed by atoms with van der Waals surface area (Å²) >= 11 is 0. The molecule has 0 aromatic heterocycles. The van der Waals surface area contributed by atoms with Crippen LogP contribution < -0.4 is 14.8 Å². The van der Waals surface area contributed by atoms with Crippen LogP contribution in [0, 0.1) is 0 Å². The zero-order valence-electron chi connectivity index (χ0n) is 14.0. The molecule has 2 N–H and O–H groups in total. The fraction of sp³-hybridized carbons (Fsp3) is 0.158. The number of esters is 1. The van der Waals surface area contributed by atoms with E-state index in [1.165, 1.54) is 31.4 Å². The van der Waals surface area contributed by atoms with Crippen LogP contribution in [-0.2, 0) is 9.53 Å². The molecule has 1 amide bonds. The number of methoxy groups -OCH3 is 1. The van der Waals surface area contributed by atoms with Crippen molar-refractivity contribution in [3.05, 3.63) is 53.6 Å². The van der Waals surface area contributed by atoms with E-state index >= 15 is 0 Å². The van der Waals surface area contributed by atoms with E-state index in [0.717, 1.165) is 5.56 Å². The number of fused-ring (bicyclic) bond motifs is 1. The van der Waals surface area contributed by atoms with Gasteiger partial charge in [-0.3, -0.25) is 4.79 Å². The second-order valence-electron chi connectivity index (χ2n) is 5.45. The Morgan fingerprint density at radius 1 is 1.12 bits per heavy atom. The first kappa shape index (κ1) is 17.3. The fourth-order valence-corrected chi connectivity index (χ4v) is 2.39. The summed E-state index contributed by atoms with van der Waals surface area (Å²) in [5, 5.41) is 12.5. The van der Waals surface area contributed by atoms with Gasteiger partial charge in [0.1, 0.15) is 19.0 Å². The van der Waals surface area contributed by atoms with Gasteiger partial charge in [0.05, 0.1) is 18.4 Å². The Balaban J connectivity index is 1.67. The van der Waals surface area contributed by atoms with Crippen LogP contribution in [0.4, 0.5) is 5.69 Å². The van der Waals surface area contributed by atoms with Crippen molar-refractivity contribution in [3.63, 3.8) is 0 Å². The molecule has 0 saturated carbocycles. The molecule has 7 nitrogen and oxygen atoms in total. The molecule has 1 aliphatic heterocycles. The third-order valence-electron chi connectivity index (χ3n) is 3.67.